The van der Waals surface area contributed by atoms with Crippen molar-refractivity contribution in [2.24, 2.45) is 0 Å². The molecule has 0 unspecified atom stereocenters. The van der Waals surface area contributed by atoms with E-state index in [0.717, 1.165) is 49.0 Å². The van der Waals surface area contributed by atoms with Gasteiger partial charge < -0.3 is 5.32 Å². The van der Waals surface area contributed by atoms with Crippen LogP contribution >= 0.6 is 11.6 Å². The Labute approximate surface area is 199 Å². The molecule has 1 aromatic heterocycles. The highest BCUT2D eigenvalue weighted by Gasteiger charge is 2.25. The van der Waals surface area contributed by atoms with E-state index in [-0.39, 0.29) is 17.5 Å². The minimum absolute atomic E-state index is 0.0347. The average Bonchev–Trinajstić information content (AvgIpc) is 3.27. The highest BCUT2D eigenvalue weighted by atomic mass is 35.5. The molecule has 0 radical (unpaired) electrons. The van der Waals surface area contributed by atoms with Gasteiger partial charge in [0.2, 0.25) is 5.91 Å². The number of hydrogen-bond donors (Lipinski definition) is 1. The number of aromatic nitrogens is 2. The fraction of sp³-hybridized carbons (Fsp3) is 0.423. The topological polar surface area (TPSA) is 67.2 Å². The van der Waals surface area contributed by atoms with Crippen molar-refractivity contribution < 1.29 is 4.79 Å². The zero-order chi connectivity index (χ0) is 23.2. The van der Waals surface area contributed by atoms with Gasteiger partial charge >= 0.3 is 0 Å². The molecule has 1 amide bonds. The molecule has 0 spiro atoms. The Balaban J connectivity index is 1.53. The van der Waals surface area contributed by atoms with Gasteiger partial charge in [0.25, 0.3) is 5.56 Å². The lowest BCUT2D eigenvalue weighted by atomic mass is 10.0. The number of carbonyl (C=O) groups is 1. The molecule has 1 N–H and O–H groups in total. The van der Waals surface area contributed by atoms with Crippen LogP contribution in [0.4, 0.5) is 0 Å². The first-order valence-corrected chi connectivity index (χ1v) is 12.2. The van der Waals surface area contributed by atoms with Gasteiger partial charge in [-0.05, 0) is 49.6 Å². The van der Waals surface area contributed by atoms with Crippen molar-refractivity contribution in [1.29, 1.82) is 0 Å². The predicted octanol–water partition coefficient (Wildman–Crippen LogP) is 4.02. The number of halogens is 1. The number of likely N-dealkylation sites (tertiary alicyclic amines) is 1. The van der Waals surface area contributed by atoms with E-state index in [0.29, 0.717) is 36.3 Å². The van der Waals surface area contributed by atoms with Gasteiger partial charge in [-0.25, -0.2) is 4.68 Å². The summed E-state index contributed by atoms with van der Waals surface area (Å²) in [4.78, 5) is 27.1. The Morgan fingerprint density at radius 2 is 1.91 bits per heavy atom. The van der Waals surface area contributed by atoms with E-state index >= 15 is 0 Å². The molecule has 6 nitrogen and oxygen atoms in total. The second-order valence-corrected chi connectivity index (χ2v) is 9.11. The van der Waals surface area contributed by atoms with Crippen LogP contribution in [0.15, 0.2) is 53.3 Å². The molecule has 3 aromatic rings. The Morgan fingerprint density at radius 3 is 2.67 bits per heavy atom. The van der Waals surface area contributed by atoms with Gasteiger partial charge in [-0.1, -0.05) is 48.9 Å². The zero-order valence-electron chi connectivity index (χ0n) is 19.1. The molecule has 7 heteroatoms. The summed E-state index contributed by atoms with van der Waals surface area (Å²) >= 11 is 6.05. The van der Waals surface area contributed by atoms with Crippen LogP contribution in [0.5, 0.6) is 0 Å². The van der Waals surface area contributed by atoms with E-state index < -0.39 is 0 Å². The number of nitrogens with one attached hydrogen (secondary N) is 1. The third kappa shape index (κ3) is 5.81. The Hall–Kier alpha value is -2.70. The summed E-state index contributed by atoms with van der Waals surface area (Å²) in [6.45, 7) is 5.07. The first kappa shape index (κ1) is 23.5. The number of rotatable bonds is 9. The fourth-order valence-corrected chi connectivity index (χ4v) is 4.71. The van der Waals surface area contributed by atoms with Crippen molar-refractivity contribution in [1.82, 2.24) is 20.0 Å². The fourth-order valence-electron chi connectivity index (χ4n) is 4.59. The normalized spacial score (nSPS) is 16.4. The third-order valence-corrected chi connectivity index (χ3v) is 6.63. The van der Waals surface area contributed by atoms with Gasteiger partial charge in [0.1, 0.15) is 0 Å². The van der Waals surface area contributed by atoms with Crippen molar-refractivity contribution in [3.05, 3.63) is 75.2 Å². The van der Waals surface area contributed by atoms with Crippen LogP contribution in [0.2, 0.25) is 5.02 Å². The van der Waals surface area contributed by atoms with Crippen LogP contribution < -0.4 is 10.9 Å². The average molecular weight is 467 g/mol. The van der Waals surface area contributed by atoms with Gasteiger partial charge in [0, 0.05) is 42.4 Å². The van der Waals surface area contributed by atoms with Crippen LogP contribution in [0.25, 0.3) is 10.8 Å². The lowest BCUT2D eigenvalue weighted by molar-refractivity contribution is -0.120. The molecule has 4 rings (SSSR count). The summed E-state index contributed by atoms with van der Waals surface area (Å²) in [5, 5.41) is 10.1. The Bertz CT molecular complexity index is 1160. The van der Waals surface area contributed by atoms with E-state index in [4.69, 9.17) is 16.7 Å². The van der Waals surface area contributed by atoms with Gasteiger partial charge in [-0.3, -0.25) is 14.5 Å². The molecule has 2 aromatic carbocycles. The number of nitrogens with zero attached hydrogens (tertiary/aromatic N) is 3. The lowest BCUT2D eigenvalue weighted by Gasteiger charge is -2.25. The van der Waals surface area contributed by atoms with Crippen LogP contribution in [-0.4, -0.2) is 46.3 Å². The van der Waals surface area contributed by atoms with Crippen LogP contribution in [0.1, 0.15) is 43.9 Å². The van der Waals surface area contributed by atoms with E-state index in [1.807, 2.05) is 55.5 Å². The standard InChI is InChI=1S/C26H31ClN4O2/c1-2-25(32)28-14-6-16-30-15-5-7-21(30)18-31-26(33)23-9-4-3-8-22(23)24(29-31)17-19-10-12-20(27)13-11-19/h3-4,8-13,21H,2,5-7,14-18H2,1H3,(H,28,32)/t21-/m1/s1. The molecule has 174 valence electrons. The number of benzene rings is 2. The monoisotopic (exact) mass is 466 g/mol. The summed E-state index contributed by atoms with van der Waals surface area (Å²) in [5.41, 5.74) is 1.98. The van der Waals surface area contributed by atoms with Gasteiger partial charge in [-0.2, -0.15) is 5.10 Å². The number of carbonyl (C=O) groups excluding carboxylic acids is 1. The van der Waals surface area contributed by atoms with Gasteiger partial charge in [-0.15, -0.1) is 0 Å². The first-order chi connectivity index (χ1) is 16.0. The predicted molar refractivity (Wildman–Crippen MR) is 133 cm³/mol. The SMILES string of the molecule is CCC(=O)NCCCN1CCC[C@@H]1Cn1nc(Cc2ccc(Cl)cc2)c2ccccc2c1=O. The molecule has 0 saturated carbocycles. The highest BCUT2D eigenvalue weighted by Crippen LogP contribution is 2.21. The van der Waals surface area contributed by atoms with Crippen molar-refractivity contribution in [2.75, 3.05) is 19.6 Å². The minimum Gasteiger partial charge on any atom is -0.356 e. The zero-order valence-corrected chi connectivity index (χ0v) is 19.9. The van der Waals surface area contributed by atoms with Gasteiger partial charge in [0.15, 0.2) is 0 Å². The Kier molecular flexibility index (Phi) is 7.78. The molecule has 1 saturated heterocycles. The van der Waals surface area contributed by atoms with Crippen molar-refractivity contribution in [3.63, 3.8) is 0 Å². The number of hydrogen-bond acceptors (Lipinski definition) is 4. The second kappa shape index (κ2) is 10.9. The maximum Gasteiger partial charge on any atom is 0.274 e. The number of fused-ring (bicyclic) bond motifs is 1. The van der Waals surface area contributed by atoms with Crippen LogP contribution in [-0.2, 0) is 17.8 Å². The quantitative estimate of drug-likeness (QED) is 0.483. The molecular formula is C26H31ClN4O2. The maximum absolute atomic E-state index is 13.3. The van der Waals surface area contributed by atoms with Gasteiger partial charge in [0.05, 0.1) is 17.6 Å². The summed E-state index contributed by atoms with van der Waals surface area (Å²) in [6, 6.07) is 15.8. The summed E-state index contributed by atoms with van der Waals surface area (Å²) in [6.07, 6.45) is 4.23. The van der Waals surface area contributed by atoms with Crippen LogP contribution in [0, 0.1) is 0 Å². The molecule has 0 bridgehead atoms. The van der Waals surface area contributed by atoms with E-state index in [9.17, 15) is 9.59 Å². The summed E-state index contributed by atoms with van der Waals surface area (Å²) in [5.74, 6) is 0.0908. The largest absolute Gasteiger partial charge is 0.356 e. The first-order valence-electron chi connectivity index (χ1n) is 11.8. The molecule has 1 aliphatic heterocycles. The summed E-state index contributed by atoms with van der Waals surface area (Å²) < 4.78 is 1.66. The van der Waals surface area contributed by atoms with Crippen molar-refractivity contribution >= 4 is 28.3 Å². The number of amides is 1. The molecule has 1 atom stereocenters. The van der Waals surface area contributed by atoms with E-state index in [1.165, 1.54) is 0 Å². The molecule has 2 heterocycles. The molecule has 33 heavy (non-hydrogen) atoms. The smallest absolute Gasteiger partial charge is 0.274 e. The second-order valence-electron chi connectivity index (χ2n) is 8.67. The lowest BCUT2D eigenvalue weighted by Crippen LogP contribution is -2.39. The van der Waals surface area contributed by atoms with Crippen molar-refractivity contribution in [3.8, 4) is 0 Å². The molecular weight excluding hydrogens is 436 g/mol. The minimum atomic E-state index is -0.0347. The highest BCUT2D eigenvalue weighted by molar-refractivity contribution is 6.30. The van der Waals surface area contributed by atoms with E-state index in [1.54, 1.807) is 4.68 Å². The van der Waals surface area contributed by atoms with E-state index in [2.05, 4.69) is 10.2 Å². The molecule has 1 aliphatic rings. The molecule has 0 aliphatic carbocycles. The third-order valence-electron chi connectivity index (χ3n) is 6.38. The molecule has 1 fully saturated rings. The van der Waals surface area contributed by atoms with Crippen molar-refractivity contribution in [2.45, 2.75) is 51.6 Å². The summed E-state index contributed by atoms with van der Waals surface area (Å²) in [7, 11) is 0. The Morgan fingerprint density at radius 1 is 1.15 bits per heavy atom. The van der Waals surface area contributed by atoms with Crippen LogP contribution in [0.3, 0.4) is 0 Å². The maximum atomic E-state index is 13.3.